The number of hydrogen-bond donors (Lipinski definition) is 2. The van der Waals surface area contributed by atoms with Gasteiger partial charge in [-0.25, -0.2) is 4.98 Å². The zero-order valence-corrected chi connectivity index (χ0v) is 9.91. The molecule has 2 aromatic carbocycles. The number of imidazole rings is 1. The van der Waals surface area contributed by atoms with Gasteiger partial charge in [-0.2, -0.15) is 0 Å². The maximum Gasteiger partial charge on any atom is 0.151 e. The Bertz CT molecular complexity index is 941. The van der Waals surface area contributed by atoms with Crippen molar-refractivity contribution in [3.63, 3.8) is 0 Å². The van der Waals surface area contributed by atoms with Crippen LogP contribution in [0.3, 0.4) is 0 Å². The van der Waals surface area contributed by atoms with E-state index in [0.717, 1.165) is 0 Å². The quantitative estimate of drug-likeness (QED) is 0.471. The van der Waals surface area contributed by atoms with E-state index < -0.39 is 0 Å². The summed E-state index contributed by atoms with van der Waals surface area (Å²) in [6.07, 6.45) is 1.82. The number of phenols is 2. The normalized spacial score (nSPS) is 11.6. The molecule has 0 unspecified atom stereocenters. The Morgan fingerprint density at radius 1 is 0.842 bits per heavy atom. The number of aromatic hydroxyl groups is 2. The van der Waals surface area contributed by atoms with Gasteiger partial charge in [-0.15, -0.1) is 0 Å². The van der Waals surface area contributed by atoms with Crippen LogP contribution >= 0.6 is 0 Å². The molecular formula is C15H10N2O2. The summed E-state index contributed by atoms with van der Waals surface area (Å²) in [7, 11) is 0. The molecule has 19 heavy (non-hydrogen) atoms. The summed E-state index contributed by atoms with van der Waals surface area (Å²) in [4.78, 5) is 4.38. The monoisotopic (exact) mass is 250 g/mol. The van der Waals surface area contributed by atoms with Gasteiger partial charge in [0.15, 0.2) is 5.75 Å². The van der Waals surface area contributed by atoms with Gasteiger partial charge in [0, 0.05) is 17.0 Å². The molecule has 0 atom stereocenters. The predicted octanol–water partition coefficient (Wildman–Crippen LogP) is 3.05. The highest BCUT2D eigenvalue weighted by atomic mass is 16.3. The van der Waals surface area contributed by atoms with E-state index >= 15 is 0 Å². The summed E-state index contributed by atoms with van der Waals surface area (Å²) in [5, 5.41) is 22.0. The van der Waals surface area contributed by atoms with E-state index in [9.17, 15) is 10.2 Å². The third-order valence-electron chi connectivity index (χ3n) is 3.42. The minimum atomic E-state index is 0.104. The van der Waals surface area contributed by atoms with Gasteiger partial charge in [-0.3, -0.25) is 4.40 Å². The maximum atomic E-state index is 10.4. The maximum absolute atomic E-state index is 10.4. The summed E-state index contributed by atoms with van der Waals surface area (Å²) < 4.78 is 1.77. The summed E-state index contributed by atoms with van der Waals surface area (Å²) in [6, 6.07) is 12.8. The number of aromatic nitrogens is 2. The van der Waals surface area contributed by atoms with Crippen LogP contribution in [0.4, 0.5) is 0 Å². The third kappa shape index (κ3) is 1.20. The lowest BCUT2D eigenvalue weighted by atomic mass is 10.1. The molecule has 4 rings (SSSR count). The molecule has 4 aromatic rings. The Kier molecular flexibility index (Phi) is 1.82. The van der Waals surface area contributed by atoms with E-state index in [1.54, 1.807) is 16.5 Å². The molecule has 2 aromatic heterocycles. The second-order valence-electron chi connectivity index (χ2n) is 4.48. The summed E-state index contributed by atoms with van der Waals surface area (Å²) >= 11 is 0. The molecule has 4 nitrogen and oxygen atoms in total. The number of fused-ring (bicyclic) bond motifs is 4. The first-order valence-electron chi connectivity index (χ1n) is 5.97. The molecule has 4 heteroatoms. The van der Waals surface area contributed by atoms with E-state index in [-0.39, 0.29) is 11.5 Å². The van der Waals surface area contributed by atoms with Crippen molar-refractivity contribution in [1.29, 1.82) is 0 Å². The standard InChI is InChI=1S/C15H10N2O2/c18-14-9-5-1-2-6-10(9)15(19)13-12(14)16-11-7-3-4-8-17(11)13/h1-8,18-19H. The average Bonchev–Trinajstić information content (AvgIpc) is 2.84. The van der Waals surface area contributed by atoms with Crippen LogP contribution in [0.25, 0.3) is 27.5 Å². The fourth-order valence-corrected chi connectivity index (χ4v) is 2.54. The molecule has 0 spiro atoms. The van der Waals surface area contributed by atoms with Crippen LogP contribution in [0.5, 0.6) is 11.5 Å². The topological polar surface area (TPSA) is 57.8 Å². The molecule has 92 valence electrons. The fraction of sp³-hybridized carbons (Fsp3) is 0. The van der Waals surface area contributed by atoms with Crippen LogP contribution in [0.2, 0.25) is 0 Å². The average molecular weight is 250 g/mol. The molecule has 0 fully saturated rings. The number of rotatable bonds is 0. The predicted molar refractivity (Wildman–Crippen MR) is 73.5 cm³/mol. The molecule has 2 N–H and O–H groups in total. The van der Waals surface area contributed by atoms with Crippen molar-refractivity contribution in [1.82, 2.24) is 9.38 Å². The minimum absolute atomic E-state index is 0.104. The smallest absolute Gasteiger partial charge is 0.151 e. The van der Waals surface area contributed by atoms with Gasteiger partial charge in [-0.05, 0) is 12.1 Å². The van der Waals surface area contributed by atoms with E-state index in [1.807, 2.05) is 36.5 Å². The van der Waals surface area contributed by atoms with E-state index in [2.05, 4.69) is 4.98 Å². The number of hydrogen-bond acceptors (Lipinski definition) is 3. The van der Waals surface area contributed by atoms with Gasteiger partial charge in [0.1, 0.15) is 22.4 Å². The largest absolute Gasteiger partial charge is 0.505 e. The van der Waals surface area contributed by atoms with Crippen molar-refractivity contribution < 1.29 is 10.2 Å². The SMILES string of the molecule is Oc1c2ccccc2c(O)c2c1nc1ccccn12. The first-order chi connectivity index (χ1) is 9.27. The zero-order chi connectivity index (χ0) is 13.0. The molecule has 0 radical (unpaired) electrons. The number of phenolic OH excluding ortho intramolecular Hbond substituents is 2. The zero-order valence-electron chi connectivity index (χ0n) is 9.91. The summed E-state index contributed by atoms with van der Waals surface area (Å²) in [5.74, 6) is 0.245. The summed E-state index contributed by atoms with van der Waals surface area (Å²) in [5.41, 5.74) is 1.65. The highest BCUT2D eigenvalue weighted by molar-refractivity contribution is 6.09. The lowest BCUT2D eigenvalue weighted by Gasteiger charge is -2.05. The molecule has 0 aliphatic rings. The van der Waals surface area contributed by atoms with E-state index in [0.29, 0.717) is 27.5 Å². The Hall–Kier alpha value is -2.75. The van der Waals surface area contributed by atoms with Gasteiger partial charge >= 0.3 is 0 Å². The van der Waals surface area contributed by atoms with Crippen LogP contribution in [-0.2, 0) is 0 Å². The van der Waals surface area contributed by atoms with Gasteiger partial charge in [0.2, 0.25) is 0 Å². The fourth-order valence-electron chi connectivity index (χ4n) is 2.54. The van der Waals surface area contributed by atoms with Crippen LogP contribution in [-0.4, -0.2) is 19.6 Å². The van der Waals surface area contributed by atoms with Gasteiger partial charge in [0.25, 0.3) is 0 Å². The van der Waals surface area contributed by atoms with Gasteiger partial charge < -0.3 is 10.2 Å². The van der Waals surface area contributed by atoms with Crippen molar-refractivity contribution in [3.8, 4) is 11.5 Å². The number of pyridine rings is 1. The molecule has 0 amide bonds. The minimum Gasteiger partial charge on any atom is -0.505 e. The Morgan fingerprint density at radius 3 is 2.32 bits per heavy atom. The van der Waals surface area contributed by atoms with Crippen LogP contribution in [0, 0.1) is 0 Å². The molecule has 0 saturated heterocycles. The molecule has 0 bridgehead atoms. The van der Waals surface area contributed by atoms with Crippen molar-refractivity contribution >= 4 is 27.5 Å². The molecular weight excluding hydrogens is 240 g/mol. The first kappa shape index (κ1) is 10.2. The highest BCUT2D eigenvalue weighted by Crippen LogP contribution is 2.40. The highest BCUT2D eigenvalue weighted by Gasteiger charge is 2.17. The lowest BCUT2D eigenvalue weighted by molar-refractivity contribution is 0.477. The second-order valence-corrected chi connectivity index (χ2v) is 4.48. The first-order valence-corrected chi connectivity index (χ1v) is 5.97. The number of benzene rings is 2. The third-order valence-corrected chi connectivity index (χ3v) is 3.42. The molecule has 0 aliphatic heterocycles. The van der Waals surface area contributed by atoms with Crippen molar-refractivity contribution in [3.05, 3.63) is 48.7 Å². The molecule has 0 aliphatic carbocycles. The Morgan fingerprint density at radius 2 is 1.53 bits per heavy atom. The van der Waals surface area contributed by atoms with Crippen molar-refractivity contribution in [2.45, 2.75) is 0 Å². The lowest BCUT2D eigenvalue weighted by Crippen LogP contribution is -1.84. The van der Waals surface area contributed by atoms with Gasteiger partial charge in [0.05, 0.1) is 0 Å². The van der Waals surface area contributed by atoms with Crippen LogP contribution in [0.1, 0.15) is 0 Å². The van der Waals surface area contributed by atoms with Gasteiger partial charge in [-0.1, -0.05) is 30.3 Å². The van der Waals surface area contributed by atoms with Crippen molar-refractivity contribution in [2.24, 2.45) is 0 Å². The Labute approximate surface area is 108 Å². The van der Waals surface area contributed by atoms with E-state index in [1.165, 1.54) is 0 Å². The van der Waals surface area contributed by atoms with E-state index in [4.69, 9.17) is 0 Å². The number of nitrogens with zero attached hydrogens (tertiary/aromatic N) is 2. The molecule has 0 saturated carbocycles. The second kappa shape index (κ2) is 3.38. The Balaban J connectivity index is 2.39. The van der Waals surface area contributed by atoms with Crippen LogP contribution < -0.4 is 0 Å². The van der Waals surface area contributed by atoms with Crippen molar-refractivity contribution in [2.75, 3.05) is 0 Å². The molecule has 2 heterocycles. The van der Waals surface area contributed by atoms with Crippen LogP contribution in [0.15, 0.2) is 48.7 Å². The summed E-state index contributed by atoms with van der Waals surface area (Å²) in [6.45, 7) is 0.